The van der Waals surface area contributed by atoms with Crippen LogP contribution in [0.4, 0.5) is 17.1 Å². The molecule has 0 amide bonds. The number of benzene rings is 8. The van der Waals surface area contributed by atoms with Crippen LogP contribution in [-0.2, 0) is 0 Å². The number of furan rings is 2. The average molecular weight is 693 g/mol. The number of anilines is 3. The first kappa shape index (κ1) is 30.3. The third-order valence-corrected chi connectivity index (χ3v) is 10.6. The minimum Gasteiger partial charge on any atom is -0.454 e. The maximum atomic E-state index is 6.71. The SMILES string of the molecule is c1ccc(-c2ccc(N(c3ccc(-c4cccc5oc6c(c7ccccc7n6-c6ccccc6)c45)cc3)c3cccc4c3oc3ccccc34)cc2)cc1. The Morgan fingerprint density at radius 3 is 1.76 bits per heavy atom. The quantitative estimate of drug-likeness (QED) is 0.174. The molecule has 0 saturated heterocycles. The molecule has 0 saturated carbocycles. The minimum atomic E-state index is 0.852. The third-order valence-electron chi connectivity index (χ3n) is 10.6. The van der Waals surface area contributed by atoms with Crippen LogP contribution in [0.3, 0.4) is 0 Å². The van der Waals surface area contributed by atoms with Crippen molar-refractivity contribution >= 4 is 72.0 Å². The number of hydrogen-bond donors (Lipinski definition) is 0. The van der Waals surface area contributed by atoms with E-state index in [-0.39, 0.29) is 0 Å². The molecule has 4 nitrogen and oxygen atoms in total. The summed E-state index contributed by atoms with van der Waals surface area (Å²) in [6, 6.07) is 68.2. The van der Waals surface area contributed by atoms with Crippen LogP contribution in [0, 0.1) is 0 Å². The summed E-state index contributed by atoms with van der Waals surface area (Å²) in [7, 11) is 0. The second kappa shape index (κ2) is 12.1. The molecule has 54 heavy (non-hydrogen) atoms. The van der Waals surface area contributed by atoms with E-state index in [1.807, 2.05) is 18.2 Å². The summed E-state index contributed by atoms with van der Waals surface area (Å²) >= 11 is 0. The van der Waals surface area contributed by atoms with Crippen molar-refractivity contribution in [3.63, 3.8) is 0 Å². The molecule has 0 unspecified atom stereocenters. The molecule has 0 fully saturated rings. The Balaban J connectivity index is 1.08. The fourth-order valence-corrected chi connectivity index (χ4v) is 8.17. The van der Waals surface area contributed by atoms with Crippen molar-refractivity contribution in [3.8, 4) is 27.9 Å². The fourth-order valence-electron chi connectivity index (χ4n) is 8.17. The van der Waals surface area contributed by atoms with Crippen molar-refractivity contribution in [2.24, 2.45) is 0 Å². The van der Waals surface area contributed by atoms with Crippen LogP contribution in [0.1, 0.15) is 0 Å². The van der Waals surface area contributed by atoms with Gasteiger partial charge in [0.05, 0.1) is 16.6 Å². The minimum absolute atomic E-state index is 0.852. The number of aromatic nitrogens is 1. The standard InChI is InChI=1S/C50H32N2O2/c1-3-13-33(14-4-1)34-25-29-37(30-26-34)51(44-22-11-20-41-40-17-8-10-23-45(40)53-49(41)44)38-31-27-35(28-32-38)39-19-12-24-46-47(39)48-42-18-7-9-21-43(42)52(50(48)54-46)36-15-5-2-6-16-36/h1-32H. The van der Waals surface area contributed by atoms with Crippen molar-refractivity contribution < 1.29 is 8.83 Å². The van der Waals surface area contributed by atoms with Gasteiger partial charge in [-0.15, -0.1) is 0 Å². The predicted octanol–water partition coefficient (Wildman–Crippen LogP) is 14.2. The summed E-state index contributed by atoms with van der Waals surface area (Å²) in [6.07, 6.45) is 0. The average Bonchev–Trinajstić information content (AvgIpc) is 3.91. The molecular formula is C50H32N2O2. The van der Waals surface area contributed by atoms with E-state index in [2.05, 4.69) is 185 Å². The van der Waals surface area contributed by atoms with Crippen molar-refractivity contribution in [2.75, 3.05) is 4.90 Å². The van der Waals surface area contributed by atoms with Crippen LogP contribution in [0.25, 0.3) is 82.9 Å². The van der Waals surface area contributed by atoms with Gasteiger partial charge >= 0.3 is 0 Å². The molecule has 0 aliphatic carbocycles. The predicted molar refractivity (Wildman–Crippen MR) is 223 cm³/mol. The van der Waals surface area contributed by atoms with Gasteiger partial charge in [0.25, 0.3) is 0 Å². The molecule has 0 bridgehead atoms. The largest absolute Gasteiger partial charge is 0.454 e. The van der Waals surface area contributed by atoms with Gasteiger partial charge < -0.3 is 13.7 Å². The maximum Gasteiger partial charge on any atom is 0.213 e. The van der Waals surface area contributed by atoms with E-state index in [0.29, 0.717) is 0 Å². The molecule has 0 radical (unpaired) electrons. The molecule has 8 aromatic carbocycles. The summed E-state index contributed by atoms with van der Waals surface area (Å²) in [5.74, 6) is 0. The normalized spacial score (nSPS) is 11.7. The zero-order chi connectivity index (χ0) is 35.6. The second-order valence-corrected chi connectivity index (χ2v) is 13.7. The number of fused-ring (bicyclic) bond motifs is 8. The van der Waals surface area contributed by atoms with Gasteiger partial charge in [-0.25, -0.2) is 0 Å². The van der Waals surface area contributed by atoms with Gasteiger partial charge in [-0.2, -0.15) is 0 Å². The highest BCUT2D eigenvalue weighted by Crippen LogP contribution is 2.45. The van der Waals surface area contributed by atoms with Gasteiger partial charge in [0, 0.05) is 38.6 Å². The van der Waals surface area contributed by atoms with E-state index in [0.717, 1.165) is 83.4 Å². The fraction of sp³-hybridized carbons (Fsp3) is 0. The molecule has 4 heteroatoms. The van der Waals surface area contributed by atoms with Crippen LogP contribution < -0.4 is 4.90 Å². The summed E-state index contributed by atoms with van der Waals surface area (Å²) in [5.41, 5.74) is 13.3. The van der Waals surface area contributed by atoms with Crippen molar-refractivity contribution in [2.45, 2.75) is 0 Å². The van der Waals surface area contributed by atoms with E-state index in [1.54, 1.807) is 0 Å². The lowest BCUT2D eigenvalue weighted by Crippen LogP contribution is -2.10. The molecule has 0 atom stereocenters. The van der Waals surface area contributed by atoms with E-state index in [1.165, 1.54) is 16.5 Å². The van der Waals surface area contributed by atoms with Crippen molar-refractivity contribution in [1.82, 2.24) is 4.57 Å². The Morgan fingerprint density at radius 2 is 0.981 bits per heavy atom. The highest BCUT2D eigenvalue weighted by Gasteiger charge is 2.23. The third kappa shape index (κ3) is 4.70. The smallest absolute Gasteiger partial charge is 0.213 e. The highest BCUT2D eigenvalue weighted by molar-refractivity contribution is 6.23. The van der Waals surface area contributed by atoms with Gasteiger partial charge in [-0.3, -0.25) is 4.57 Å². The number of rotatable bonds is 6. The Kier molecular flexibility index (Phi) is 6.82. The van der Waals surface area contributed by atoms with Gasteiger partial charge in [0.2, 0.25) is 5.71 Å². The monoisotopic (exact) mass is 692 g/mol. The Hall–Kier alpha value is -7.30. The topological polar surface area (TPSA) is 34.5 Å². The zero-order valence-electron chi connectivity index (χ0n) is 29.2. The lowest BCUT2D eigenvalue weighted by molar-refractivity contribution is 0.645. The lowest BCUT2D eigenvalue weighted by atomic mass is 9.98. The van der Waals surface area contributed by atoms with Crippen LogP contribution in [0.2, 0.25) is 0 Å². The first-order valence-corrected chi connectivity index (χ1v) is 18.3. The highest BCUT2D eigenvalue weighted by atomic mass is 16.3. The van der Waals surface area contributed by atoms with Crippen LogP contribution in [0.5, 0.6) is 0 Å². The number of nitrogens with zero attached hydrogens (tertiary/aromatic N) is 2. The molecule has 254 valence electrons. The van der Waals surface area contributed by atoms with Gasteiger partial charge in [0.1, 0.15) is 11.2 Å². The zero-order valence-corrected chi connectivity index (χ0v) is 29.2. The number of para-hydroxylation sites is 4. The van der Waals surface area contributed by atoms with Gasteiger partial charge in [-0.05, 0) is 82.9 Å². The van der Waals surface area contributed by atoms with Gasteiger partial charge in [-0.1, -0.05) is 133 Å². The molecular weight excluding hydrogens is 661 g/mol. The van der Waals surface area contributed by atoms with Gasteiger partial charge in [0.15, 0.2) is 5.58 Å². The summed E-state index contributed by atoms with van der Waals surface area (Å²) in [6.45, 7) is 0. The van der Waals surface area contributed by atoms with Crippen LogP contribution in [0.15, 0.2) is 203 Å². The van der Waals surface area contributed by atoms with Crippen molar-refractivity contribution in [1.29, 1.82) is 0 Å². The van der Waals surface area contributed by atoms with Crippen molar-refractivity contribution in [3.05, 3.63) is 194 Å². The molecule has 0 N–H and O–H groups in total. The summed E-state index contributed by atoms with van der Waals surface area (Å²) in [5, 5.41) is 5.61. The van der Waals surface area contributed by atoms with E-state index < -0.39 is 0 Å². The maximum absolute atomic E-state index is 6.71. The molecule has 3 aromatic heterocycles. The molecule has 3 heterocycles. The Morgan fingerprint density at radius 1 is 0.389 bits per heavy atom. The molecule has 11 rings (SSSR count). The Bertz CT molecular complexity index is 3130. The van der Waals surface area contributed by atoms with E-state index in [9.17, 15) is 0 Å². The Labute approximate surface area is 311 Å². The van der Waals surface area contributed by atoms with Crippen LogP contribution in [-0.4, -0.2) is 4.57 Å². The summed E-state index contributed by atoms with van der Waals surface area (Å²) in [4.78, 5) is 2.30. The molecule has 11 aromatic rings. The second-order valence-electron chi connectivity index (χ2n) is 13.7. The lowest BCUT2D eigenvalue weighted by Gasteiger charge is -2.26. The first-order valence-electron chi connectivity index (χ1n) is 18.3. The molecule has 0 spiro atoms. The van der Waals surface area contributed by atoms with Crippen LogP contribution >= 0.6 is 0 Å². The summed E-state index contributed by atoms with van der Waals surface area (Å²) < 4.78 is 15.5. The first-order chi connectivity index (χ1) is 26.8. The van der Waals surface area contributed by atoms with E-state index in [4.69, 9.17) is 8.83 Å². The molecule has 0 aliphatic heterocycles. The van der Waals surface area contributed by atoms with E-state index >= 15 is 0 Å². The number of hydrogen-bond acceptors (Lipinski definition) is 3. The molecule has 0 aliphatic rings.